The lowest BCUT2D eigenvalue weighted by atomic mass is 9.92. The van der Waals surface area contributed by atoms with E-state index in [0.717, 1.165) is 43.4 Å². The largest absolute Gasteiger partial charge is 0.339 e. The van der Waals surface area contributed by atoms with Crippen molar-refractivity contribution in [1.82, 2.24) is 9.97 Å². The van der Waals surface area contributed by atoms with Gasteiger partial charge >= 0.3 is 0 Å². The van der Waals surface area contributed by atoms with E-state index in [1.807, 2.05) is 32.0 Å². The van der Waals surface area contributed by atoms with E-state index in [0.29, 0.717) is 17.7 Å². The molecular weight excluding hydrogens is 394 g/mol. The summed E-state index contributed by atoms with van der Waals surface area (Å²) in [7, 11) is 0. The first-order chi connectivity index (χ1) is 14.9. The van der Waals surface area contributed by atoms with Crippen LogP contribution in [0.5, 0.6) is 0 Å². The second-order valence-corrected chi connectivity index (χ2v) is 8.52. The Morgan fingerprint density at radius 1 is 1.26 bits per heavy atom. The van der Waals surface area contributed by atoms with Gasteiger partial charge in [0, 0.05) is 24.7 Å². The zero-order valence-electron chi connectivity index (χ0n) is 18.2. The van der Waals surface area contributed by atoms with Crippen molar-refractivity contribution >= 4 is 29.3 Å². The highest BCUT2D eigenvalue weighted by atomic mass is 16.2. The highest BCUT2D eigenvalue weighted by Gasteiger charge is 2.36. The van der Waals surface area contributed by atoms with E-state index in [1.54, 1.807) is 0 Å². The lowest BCUT2D eigenvalue weighted by molar-refractivity contribution is -0.123. The summed E-state index contributed by atoms with van der Waals surface area (Å²) in [5.74, 6) is -0.934. The molecule has 8 nitrogen and oxygen atoms in total. The van der Waals surface area contributed by atoms with E-state index in [-0.39, 0.29) is 35.2 Å². The molecule has 4 rings (SSSR count). The number of aromatic nitrogens is 2. The number of piperidine rings is 1. The van der Waals surface area contributed by atoms with Crippen LogP contribution in [0.2, 0.25) is 0 Å². The Hall–Kier alpha value is -3.16. The number of carbonyl (C=O) groups excluding carboxylic acids is 2. The summed E-state index contributed by atoms with van der Waals surface area (Å²) in [5.41, 5.74) is 2.53. The van der Waals surface area contributed by atoms with Crippen LogP contribution in [0.3, 0.4) is 0 Å². The Balaban J connectivity index is 1.66. The van der Waals surface area contributed by atoms with Crippen LogP contribution in [0.25, 0.3) is 0 Å². The second-order valence-electron chi connectivity index (χ2n) is 8.52. The molecule has 1 aromatic carbocycles. The third-order valence-corrected chi connectivity index (χ3v) is 6.27. The number of nitrogens with one attached hydrogen (secondary N) is 3. The molecule has 0 saturated carbocycles. The lowest BCUT2D eigenvalue weighted by Crippen LogP contribution is -2.43. The topological polar surface area (TPSA) is 107 Å². The van der Waals surface area contributed by atoms with Gasteiger partial charge in [0.05, 0.1) is 11.5 Å². The molecular formula is C23H29N5O3. The molecule has 2 aliphatic heterocycles. The van der Waals surface area contributed by atoms with Crippen molar-refractivity contribution < 1.29 is 9.59 Å². The van der Waals surface area contributed by atoms with Crippen molar-refractivity contribution in [2.24, 2.45) is 0 Å². The van der Waals surface area contributed by atoms with Crippen LogP contribution in [-0.2, 0) is 9.59 Å². The van der Waals surface area contributed by atoms with E-state index in [9.17, 15) is 14.4 Å². The molecule has 2 unspecified atom stereocenters. The first kappa shape index (κ1) is 21.1. The average Bonchev–Trinajstić information content (AvgIpc) is 2.74. The summed E-state index contributed by atoms with van der Waals surface area (Å²) in [5, 5.41) is 5.58. The normalized spacial score (nSPS) is 20.7. The van der Waals surface area contributed by atoms with E-state index in [2.05, 4.69) is 32.4 Å². The number of benzene rings is 1. The molecule has 8 heteroatoms. The van der Waals surface area contributed by atoms with Crippen LogP contribution in [0.1, 0.15) is 61.6 Å². The maximum Gasteiger partial charge on any atom is 0.258 e. The molecule has 2 amide bonds. The van der Waals surface area contributed by atoms with E-state index in [1.165, 1.54) is 0 Å². The molecule has 0 aliphatic carbocycles. The fourth-order valence-corrected chi connectivity index (χ4v) is 4.60. The predicted molar refractivity (Wildman–Crippen MR) is 121 cm³/mol. The van der Waals surface area contributed by atoms with Gasteiger partial charge in [-0.25, -0.2) is 0 Å². The molecule has 31 heavy (non-hydrogen) atoms. The number of fused-ring (bicyclic) bond motifs is 1. The van der Waals surface area contributed by atoms with Crippen LogP contribution < -0.4 is 21.1 Å². The van der Waals surface area contributed by atoms with Gasteiger partial charge in [0.25, 0.3) is 5.56 Å². The minimum absolute atomic E-state index is 0.0881. The molecule has 1 saturated heterocycles. The van der Waals surface area contributed by atoms with Crippen molar-refractivity contribution in [3.8, 4) is 0 Å². The molecule has 2 aromatic rings. The minimum Gasteiger partial charge on any atom is -0.339 e. The molecule has 1 fully saturated rings. The molecule has 0 spiro atoms. The van der Waals surface area contributed by atoms with Gasteiger partial charge in [0.15, 0.2) is 0 Å². The fourth-order valence-electron chi connectivity index (χ4n) is 4.60. The molecule has 0 radical (unpaired) electrons. The highest BCUT2D eigenvalue weighted by Crippen LogP contribution is 2.32. The molecule has 1 aromatic heterocycles. The number of rotatable bonds is 4. The molecule has 164 valence electrons. The Labute approximate surface area is 181 Å². The third-order valence-electron chi connectivity index (χ3n) is 6.27. The number of hydrogen-bond acceptors (Lipinski definition) is 5. The van der Waals surface area contributed by atoms with Crippen LogP contribution in [0.4, 0.5) is 17.5 Å². The molecule has 3 N–H and O–H groups in total. The minimum atomic E-state index is -0.891. The van der Waals surface area contributed by atoms with Gasteiger partial charge in [-0.15, -0.1) is 0 Å². The molecule has 2 atom stereocenters. The predicted octanol–water partition coefficient (Wildman–Crippen LogP) is 3.22. The first-order valence-electron chi connectivity index (χ1n) is 11.0. The van der Waals surface area contributed by atoms with Gasteiger partial charge in [-0.1, -0.05) is 24.6 Å². The number of aromatic amines is 1. The highest BCUT2D eigenvalue weighted by molar-refractivity contribution is 6.04. The number of amides is 2. The first-order valence-corrected chi connectivity index (χ1v) is 11.0. The monoisotopic (exact) mass is 423 g/mol. The number of aryl methyl sites for hydroxylation is 2. The number of H-pyrrole nitrogens is 1. The third kappa shape index (κ3) is 4.19. The summed E-state index contributed by atoms with van der Waals surface area (Å²) in [6.45, 7) is 6.82. The van der Waals surface area contributed by atoms with Gasteiger partial charge in [-0.2, -0.15) is 4.98 Å². The summed E-state index contributed by atoms with van der Waals surface area (Å²) in [6, 6.07) is 6.02. The number of hydrogen-bond donors (Lipinski definition) is 3. The van der Waals surface area contributed by atoms with Crippen molar-refractivity contribution in [1.29, 1.82) is 0 Å². The standard InChI is InChI=1S/C23H29N5O3/c1-4-15-7-5-6-10-28(15)23-26-20-19(22(31)27-23)16(12-18(29)25-20)21(30)24-17-9-8-13(2)11-14(17)3/h8-9,11,15-16H,4-7,10,12H2,1-3H3,(H,24,30)(H2,25,26,27,29,31). The van der Waals surface area contributed by atoms with E-state index in [4.69, 9.17) is 0 Å². The summed E-state index contributed by atoms with van der Waals surface area (Å²) in [6.07, 6.45) is 4.10. The van der Waals surface area contributed by atoms with Crippen LogP contribution in [-0.4, -0.2) is 34.4 Å². The van der Waals surface area contributed by atoms with Gasteiger partial charge in [0.2, 0.25) is 17.8 Å². The number of anilines is 3. The number of nitrogens with zero attached hydrogens (tertiary/aromatic N) is 2. The zero-order chi connectivity index (χ0) is 22.1. The van der Waals surface area contributed by atoms with Gasteiger partial charge in [0.1, 0.15) is 5.82 Å². The van der Waals surface area contributed by atoms with Gasteiger partial charge in [-0.05, 0) is 51.2 Å². The van der Waals surface area contributed by atoms with Gasteiger partial charge < -0.3 is 15.5 Å². The number of carbonyl (C=O) groups is 2. The maximum absolute atomic E-state index is 13.1. The Morgan fingerprint density at radius 2 is 2.06 bits per heavy atom. The van der Waals surface area contributed by atoms with Crippen molar-refractivity contribution in [2.45, 2.75) is 64.8 Å². The van der Waals surface area contributed by atoms with Crippen molar-refractivity contribution in [3.05, 3.63) is 45.2 Å². The quantitative estimate of drug-likeness (QED) is 0.700. The lowest BCUT2D eigenvalue weighted by Gasteiger charge is -2.36. The van der Waals surface area contributed by atoms with Crippen LogP contribution in [0, 0.1) is 13.8 Å². The van der Waals surface area contributed by atoms with E-state index >= 15 is 0 Å². The van der Waals surface area contributed by atoms with Crippen LogP contribution >= 0.6 is 0 Å². The van der Waals surface area contributed by atoms with Gasteiger partial charge in [-0.3, -0.25) is 19.4 Å². The fraction of sp³-hybridized carbons (Fsp3) is 0.478. The zero-order valence-corrected chi connectivity index (χ0v) is 18.2. The smallest absolute Gasteiger partial charge is 0.258 e. The molecule has 0 bridgehead atoms. The maximum atomic E-state index is 13.1. The summed E-state index contributed by atoms with van der Waals surface area (Å²) >= 11 is 0. The molecule has 3 heterocycles. The SMILES string of the molecule is CCC1CCCCN1c1nc2c(c(=O)[nH]1)C(C(=O)Nc1ccc(C)cc1C)CC(=O)N2. The Bertz CT molecular complexity index is 1080. The Kier molecular flexibility index (Phi) is 5.80. The average molecular weight is 424 g/mol. The summed E-state index contributed by atoms with van der Waals surface area (Å²) < 4.78 is 0. The summed E-state index contributed by atoms with van der Waals surface area (Å²) in [4.78, 5) is 48.1. The molecule has 2 aliphatic rings. The Morgan fingerprint density at radius 3 is 2.81 bits per heavy atom. The van der Waals surface area contributed by atoms with Crippen molar-refractivity contribution in [2.75, 3.05) is 22.1 Å². The van der Waals surface area contributed by atoms with Crippen LogP contribution in [0.15, 0.2) is 23.0 Å². The second kappa shape index (κ2) is 8.53. The van der Waals surface area contributed by atoms with Crippen molar-refractivity contribution in [3.63, 3.8) is 0 Å². The van der Waals surface area contributed by atoms with E-state index < -0.39 is 5.92 Å².